The number of carbonyl (C=O) groups is 1. The van der Waals surface area contributed by atoms with Crippen molar-refractivity contribution in [2.24, 2.45) is 0 Å². The summed E-state index contributed by atoms with van der Waals surface area (Å²) in [4.78, 5) is 12.4. The molecule has 0 fully saturated rings. The maximum absolute atomic E-state index is 12.4. The SMILES string of the molecule is COc1ccccc1O[C@H](C)C(=O)Nc1nnc(SCc2ccccc2)s1. The molecule has 0 bridgehead atoms. The van der Waals surface area contributed by atoms with Crippen LogP contribution >= 0.6 is 23.1 Å². The van der Waals surface area contributed by atoms with Crippen molar-refractivity contribution >= 4 is 34.1 Å². The molecular weight excluding hydrogens is 382 g/mol. The van der Waals surface area contributed by atoms with E-state index in [1.165, 1.54) is 16.9 Å². The van der Waals surface area contributed by atoms with E-state index in [4.69, 9.17) is 9.47 Å². The zero-order chi connectivity index (χ0) is 19.1. The van der Waals surface area contributed by atoms with Crippen molar-refractivity contribution in [3.8, 4) is 11.5 Å². The van der Waals surface area contributed by atoms with Gasteiger partial charge in [-0.25, -0.2) is 0 Å². The number of aromatic nitrogens is 2. The Kier molecular flexibility index (Phi) is 6.67. The Balaban J connectivity index is 1.54. The second-order valence-electron chi connectivity index (χ2n) is 5.55. The monoisotopic (exact) mass is 401 g/mol. The molecule has 1 heterocycles. The zero-order valence-electron chi connectivity index (χ0n) is 14.9. The highest BCUT2D eigenvalue weighted by molar-refractivity contribution is 8.00. The second kappa shape index (κ2) is 9.38. The highest BCUT2D eigenvalue weighted by Crippen LogP contribution is 2.29. The highest BCUT2D eigenvalue weighted by Gasteiger charge is 2.18. The van der Waals surface area contributed by atoms with Gasteiger partial charge >= 0.3 is 0 Å². The lowest BCUT2D eigenvalue weighted by Gasteiger charge is -2.15. The minimum Gasteiger partial charge on any atom is -0.493 e. The Hall–Kier alpha value is -2.58. The summed E-state index contributed by atoms with van der Waals surface area (Å²) in [5.41, 5.74) is 1.21. The van der Waals surface area contributed by atoms with Crippen LogP contribution in [0.2, 0.25) is 0 Å². The van der Waals surface area contributed by atoms with Crippen molar-refractivity contribution in [1.29, 1.82) is 0 Å². The number of hydrogen-bond donors (Lipinski definition) is 1. The number of amides is 1. The molecule has 0 saturated heterocycles. The maximum Gasteiger partial charge on any atom is 0.266 e. The van der Waals surface area contributed by atoms with Gasteiger partial charge in [0.2, 0.25) is 5.13 Å². The fourth-order valence-corrected chi connectivity index (χ4v) is 3.92. The fourth-order valence-electron chi connectivity index (χ4n) is 2.21. The number of nitrogens with zero attached hydrogens (tertiary/aromatic N) is 2. The van der Waals surface area contributed by atoms with Gasteiger partial charge < -0.3 is 9.47 Å². The van der Waals surface area contributed by atoms with Crippen LogP contribution in [0.1, 0.15) is 12.5 Å². The van der Waals surface area contributed by atoms with Gasteiger partial charge in [0.1, 0.15) is 0 Å². The average Bonchev–Trinajstić information content (AvgIpc) is 3.15. The molecule has 0 spiro atoms. The van der Waals surface area contributed by atoms with E-state index in [1.807, 2.05) is 30.3 Å². The molecule has 0 saturated carbocycles. The van der Waals surface area contributed by atoms with Crippen molar-refractivity contribution in [3.63, 3.8) is 0 Å². The summed E-state index contributed by atoms with van der Waals surface area (Å²) in [6.07, 6.45) is -0.703. The van der Waals surface area contributed by atoms with Gasteiger partial charge in [-0.1, -0.05) is 65.6 Å². The van der Waals surface area contributed by atoms with Crippen molar-refractivity contribution in [1.82, 2.24) is 10.2 Å². The number of benzene rings is 2. The molecule has 0 aliphatic heterocycles. The third kappa shape index (κ3) is 5.45. The Morgan fingerprint density at radius 2 is 1.81 bits per heavy atom. The van der Waals surface area contributed by atoms with Gasteiger partial charge in [0, 0.05) is 5.75 Å². The topological polar surface area (TPSA) is 73.3 Å². The molecule has 3 aromatic rings. The van der Waals surface area contributed by atoms with Crippen LogP contribution in [0.5, 0.6) is 11.5 Å². The van der Waals surface area contributed by atoms with E-state index in [-0.39, 0.29) is 5.91 Å². The number of thioether (sulfide) groups is 1. The second-order valence-corrected chi connectivity index (χ2v) is 7.75. The predicted octanol–water partition coefficient (Wildman–Crippen LogP) is 4.25. The number of para-hydroxylation sites is 2. The van der Waals surface area contributed by atoms with Crippen molar-refractivity contribution in [2.75, 3.05) is 12.4 Å². The standard InChI is InChI=1S/C19H19N3O3S2/c1-13(25-16-11-7-6-10-15(16)24-2)17(23)20-18-21-22-19(27-18)26-12-14-8-4-3-5-9-14/h3-11,13H,12H2,1-2H3,(H,20,21,23)/t13-/m1/s1. The quantitative estimate of drug-likeness (QED) is 0.449. The third-order valence-corrected chi connectivity index (χ3v) is 5.63. The smallest absolute Gasteiger partial charge is 0.266 e. The summed E-state index contributed by atoms with van der Waals surface area (Å²) in [5.74, 6) is 1.60. The summed E-state index contributed by atoms with van der Waals surface area (Å²) >= 11 is 2.92. The average molecular weight is 402 g/mol. The Labute approximate surface area is 165 Å². The van der Waals surface area contributed by atoms with Crippen LogP contribution < -0.4 is 14.8 Å². The van der Waals surface area contributed by atoms with Crippen LogP contribution in [0, 0.1) is 0 Å². The van der Waals surface area contributed by atoms with Crippen molar-refractivity contribution < 1.29 is 14.3 Å². The number of methoxy groups -OCH3 is 1. The van der Waals surface area contributed by atoms with Gasteiger partial charge in [0.15, 0.2) is 21.9 Å². The number of hydrogen-bond acceptors (Lipinski definition) is 7. The summed E-state index contributed by atoms with van der Waals surface area (Å²) in [6.45, 7) is 1.67. The predicted molar refractivity (Wildman–Crippen MR) is 108 cm³/mol. The maximum atomic E-state index is 12.4. The highest BCUT2D eigenvalue weighted by atomic mass is 32.2. The van der Waals surface area contributed by atoms with Gasteiger partial charge in [-0.15, -0.1) is 10.2 Å². The first-order valence-electron chi connectivity index (χ1n) is 8.26. The molecule has 6 nitrogen and oxygen atoms in total. The lowest BCUT2D eigenvalue weighted by atomic mass is 10.2. The molecule has 1 amide bonds. The fraction of sp³-hybridized carbons (Fsp3) is 0.211. The zero-order valence-corrected chi connectivity index (χ0v) is 16.5. The normalized spacial score (nSPS) is 11.6. The van der Waals surface area contributed by atoms with Crippen molar-refractivity contribution in [2.45, 2.75) is 23.1 Å². The van der Waals surface area contributed by atoms with Crippen LogP contribution in [-0.2, 0) is 10.5 Å². The molecule has 1 aromatic heterocycles. The molecule has 140 valence electrons. The van der Waals surface area contributed by atoms with Crippen LogP contribution in [0.25, 0.3) is 0 Å². The molecular formula is C19H19N3O3S2. The van der Waals surface area contributed by atoms with E-state index >= 15 is 0 Å². The van der Waals surface area contributed by atoms with E-state index in [0.29, 0.717) is 16.6 Å². The van der Waals surface area contributed by atoms with Gasteiger partial charge in [-0.05, 0) is 24.6 Å². The molecule has 0 unspecified atom stereocenters. The van der Waals surface area contributed by atoms with E-state index in [0.717, 1.165) is 10.1 Å². The Bertz CT molecular complexity index is 887. The number of rotatable bonds is 8. The first-order valence-corrected chi connectivity index (χ1v) is 10.1. The summed E-state index contributed by atoms with van der Waals surface area (Å²) in [7, 11) is 1.56. The summed E-state index contributed by atoms with van der Waals surface area (Å²) in [6, 6.07) is 17.3. The lowest BCUT2D eigenvalue weighted by Crippen LogP contribution is -2.30. The largest absolute Gasteiger partial charge is 0.493 e. The van der Waals surface area contributed by atoms with Crippen molar-refractivity contribution in [3.05, 3.63) is 60.2 Å². The van der Waals surface area contributed by atoms with Gasteiger partial charge in [0.25, 0.3) is 5.91 Å². The van der Waals surface area contributed by atoms with Crippen LogP contribution in [-0.4, -0.2) is 29.3 Å². The molecule has 0 aliphatic carbocycles. The summed E-state index contributed by atoms with van der Waals surface area (Å²) < 4.78 is 11.7. The number of ether oxygens (including phenoxy) is 2. The van der Waals surface area contributed by atoms with Crippen LogP contribution in [0.4, 0.5) is 5.13 Å². The molecule has 8 heteroatoms. The Morgan fingerprint density at radius 1 is 1.11 bits per heavy atom. The van der Waals surface area contributed by atoms with Gasteiger partial charge in [-0.2, -0.15) is 0 Å². The third-order valence-electron chi connectivity index (χ3n) is 3.58. The molecule has 0 radical (unpaired) electrons. The van der Waals surface area contributed by atoms with E-state index in [1.54, 1.807) is 37.9 Å². The van der Waals surface area contributed by atoms with Crippen LogP contribution in [0.3, 0.4) is 0 Å². The number of anilines is 1. The number of carbonyl (C=O) groups excluding carboxylic acids is 1. The molecule has 3 rings (SSSR count). The molecule has 1 N–H and O–H groups in total. The van der Waals surface area contributed by atoms with Crippen LogP contribution in [0.15, 0.2) is 58.9 Å². The first kappa shape index (κ1) is 19.2. The molecule has 2 aromatic carbocycles. The minimum atomic E-state index is -0.703. The molecule has 27 heavy (non-hydrogen) atoms. The first-order chi connectivity index (χ1) is 13.2. The molecule has 1 atom stereocenters. The Morgan fingerprint density at radius 3 is 2.56 bits per heavy atom. The number of nitrogens with one attached hydrogen (secondary N) is 1. The minimum absolute atomic E-state index is 0.295. The lowest BCUT2D eigenvalue weighted by molar-refractivity contribution is -0.122. The van der Waals surface area contributed by atoms with E-state index < -0.39 is 6.10 Å². The molecule has 0 aliphatic rings. The van der Waals surface area contributed by atoms with E-state index in [2.05, 4.69) is 27.6 Å². The van der Waals surface area contributed by atoms with Gasteiger partial charge in [-0.3, -0.25) is 10.1 Å². The summed E-state index contributed by atoms with van der Waals surface area (Å²) in [5, 5.41) is 11.3. The van der Waals surface area contributed by atoms with Gasteiger partial charge in [0.05, 0.1) is 7.11 Å². The van der Waals surface area contributed by atoms with E-state index in [9.17, 15) is 4.79 Å².